The molecule has 1 saturated carbocycles. The zero-order chi connectivity index (χ0) is 10.8. The molecule has 3 rings (SSSR count). The Balaban J connectivity index is 1.73. The van der Waals surface area contributed by atoms with Crippen molar-refractivity contribution in [2.75, 3.05) is 6.54 Å². The maximum Gasteiger partial charge on any atom is 0.0188 e. The third kappa shape index (κ3) is 1.89. The van der Waals surface area contributed by atoms with Crippen LogP contribution in [-0.4, -0.2) is 12.1 Å². The summed E-state index contributed by atoms with van der Waals surface area (Å²) in [7, 11) is 0. The van der Waals surface area contributed by atoms with Crippen molar-refractivity contribution in [2.24, 2.45) is 0 Å². The predicted octanol–water partition coefficient (Wildman–Crippen LogP) is 3.47. The molecule has 1 spiro atoms. The lowest BCUT2D eigenvalue weighted by molar-refractivity contribution is 0.262. The lowest BCUT2D eigenvalue weighted by atomic mass is 9.78. The summed E-state index contributed by atoms with van der Waals surface area (Å²) in [5, 5.41) is 3.82. The molecule has 1 aliphatic carbocycles. The van der Waals surface area contributed by atoms with Gasteiger partial charge in [0, 0.05) is 12.1 Å². The van der Waals surface area contributed by atoms with Gasteiger partial charge < -0.3 is 5.32 Å². The molecule has 1 aromatic rings. The number of rotatable bonds is 1. The Kier molecular flexibility index (Phi) is 2.72. The summed E-state index contributed by atoms with van der Waals surface area (Å²) in [5.74, 6) is 0.749. The first-order valence-electron chi connectivity index (χ1n) is 6.68. The highest BCUT2D eigenvalue weighted by Crippen LogP contribution is 2.40. The lowest BCUT2D eigenvalue weighted by Gasteiger charge is -2.33. The molecule has 0 bridgehead atoms. The molecule has 1 N–H and O–H groups in total. The van der Waals surface area contributed by atoms with Crippen LogP contribution in [0, 0.1) is 0 Å². The van der Waals surface area contributed by atoms with Gasteiger partial charge in [-0.3, -0.25) is 0 Å². The summed E-state index contributed by atoms with van der Waals surface area (Å²) in [6.45, 7) is 1.18. The molecule has 1 aliphatic heterocycles. The molecule has 1 saturated heterocycles. The van der Waals surface area contributed by atoms with Gasteiger partial charge >= 0.3 is 0 Å². The third-order valence-electron chi connectivity index (χ3n) is 4.44. The molecular weight excluding hydrogens is 194 g/mol. The highest BCUT2D eigenvalue weighted by Gasteiger charge is 2.39. The molecule has 1 heteroatoms. The van der Waals surface area contributed by atoms with Crippen molar-refractivity contribution >= 4 is 0 Å². The smallest absolute Gasteiger partial charge is 0.0188 e. The van der Waals surface area contributed by atoms with E-state index in [1.54, 1.807) is 0 Å². The topological polar surface area (TPSA) is 12.0 Å². The van der Waals surface area contributed by atoms with Gasteiger partial charge in [0.15, 0.2) is 0 Å². The molecule has 0 unspecified atom stereocenters. The molecule has 2 aliphatic rings. The Morgan fingerprint density at radius 3 is 2.50 bits per heavy atom. The number of benzene rings is 1. The van der Waals surface area contributed by atoms with E-state index in [-0.39, 0.29) is 0 Å². The van der Waals surface area contributed by atoms with Crippen molar-refractivity contribution in [2.45, 2.75) is 50.0 Å². The van der Waals surface area contributed by atoms with E-state index in [0.717, 1.165) is 5.92 Å². The van der Waals surface area contributed by atoms with Gasteiger partial charge in [0.2, 0.25) is 0 Å². The van der Waals surface area contributed by atoms with Gasteiger partial charge in [0.1, 0.15) is 0 Å². The predicted molar refractivity (Wildman–Crippen MR) is 67.6 cm³/mol. The quantitative estimate of drug-likeness (QED) is 0.756. The summed E-state index contributed by atoms with van der Waals surface area (Å²) in [6.07, 6.45) is 8.45. The molecule has 1 aromatic carbocycles. The molecule has 0 aromatic heterocycles. The third-order valence-corrected chi connectivity index (χ3v) is 4.44. The average molecular weight is 215 g/mol. The second-order valence-electron chi connectivity index (χ2n) is 5.53. The van der Waals surface area contributed by atoms with Crippen LogP contribution < -0.4 is 5.32 Å². The van der Waals surface area contributed by atoms with E-state index in [4.69, 9.17) is 0 Å². The van der Waals surface area contributed by atoms with Crippen molar-refractivity contribution < 1.29 is 0 Å². The van der Waals surface area contributed by atoms with Crippen LogP contribution in [-0.2, 0) is 0 Å². The fourth-order valence-corrected chi connectivity index (χ4v) is 3.53. The van der Waals surface area contributed by atoms with E-state index in [1.807, 2.05) is 0 Å². The first kappa shape index (κ1) is 10.3. The highest BCUT2D eigenvalue weighted by atomic mass is 15.0. The lowest BCUT2D eigenvalue weighted by Crippen LogP contribution is -2.41. The summed E-state index contributed by atoms with van der Waals surface area (Å²) >= 11 is 0. The standard InChI is InChI=1S/C15H21N/c1-3-7-13(8-4-1)14-11-15(16-12-14)9-5-2-6-10-15/h1,3-4,7-8,14,16H,2,5-6,9-12H2/t14-/m1/s1. The molecule has 1 nitrogen and oxygen atoms in total. The Morgan fingerprint density at radius 2 is 1.75 bits per heavy atom. The number of hydrogen-bond acceptors (Lipinski definition) is 1. The van der Waals surface area contributed by atoms with Crippen molar-refractivity contribution in [1.29, 1.82) is 0 Å². The van der Waals surface area contributed by atoms with Crippen molar-refractivity contribution in [1.82, 2.24) is 5.32 Å². The molecular formula is C15H21N. The molecule has 2 fully saturated rings. The van der Waals surface area contributed by atoms with E-state index < -0.39 is 0 Å². The zero-order valence-corrected chi connectivity index (χ0v) is 9.91. The Labute approximate surface area is 98.3 Å². The summed E-state index contributed by atoms with van der Waals surface area (Å²) in [4.78, 5) is 0. The normalized spacial score (nSPS) is 28.4. The van der Waals surface area contributed by atoms with Crippen LogP contribution in [0.5, 0.6) is 0 Å². The molecule has 86 valence electrons. The molecule has 1 heterocycles. The number of hydrogen-bond donors (Lipinski definition) is 1. The van der Waals surface area contributed by atoms with Crippen LogP contribution in [0.15, 0.2) is 30.3 Å². The van der Waals surface area contributed by atoms with Crippen molar-refractivity contribution in [3.05, 3.63) is 35.9 Å². The highest BCUT2D eigenvalue weighted by molar-refractivity contribution is 5.23. The Morgan fingerprint density at radius 1 is 1.00 bits per heavy atom. The molecule has 0 radical (unpaired) electrons. The van der Waals surface area contributed by atoms with Crippen LogP contribution in [0.1, 0.15) is 50.0 Å². The first-order valence-corrected chi connectivity index (χ1v) is 6.68. The summed E-state index contributed by atoms with van der Waals surface area (Å²) in [5.41, 5.74) is 2.02. The van der Waals surface area contributed by atoms with E-state index in [2.05, 4.69) is 35.6 Å². The van der Waals surface area contributed by atoms with Gasteiger partial charge in [0.05, 0.1) is 0 Å². The minimum Gasteiger partial charge on any atom is -0.311 e. The van der Waals surface area contributed by atoms with E-state index in [0.29, 0.717) is 5.54 Å². The number of nitrogens with one attached hydrogen (secondary N) is 1. The van der Waals surface area contributed by atoms with Gasteiger partial charge in [-0.05, 0) is 30.7 Å². The molecule has 0 amide bonds. The van der Waals surface area contributed by atoms with Crippen LogP contribution in [0.3, 0.4) is 0 Å². The summed E-state index contributed by atoms with van der Waals surface area (Å²) in [6, 6.07) is 11.0. The van der Waals surface area contributed by atoms with Gasteiger partial charge in [-0.15, -0.1) is 0 Å². The maximum atomic E-state index is 3.82. The monoisotopic (exact) mass is 215 g/mol. The van der Waals surface area contributed by atoms with Crippen LogP contribution in [0.25, 0.3) is 0 Å². The van der Waals surface area contributed by atoms with E-state index in [1.165, 1.54) is 50.6 Å². The summed E-state index contributed by atoms with van der Waals surface area (Å²) < 4.78 is 0. The van der Waals surface area contributed by atoms with Gasteiger partial charge in [-0.1, -0.05) is 49.6 Å². The Bertz CT molecular complexity index is 338. The van der Waals surface area contributed by atoms with E-state index >= 15 is 0 Å². The van der Waals surface area contributed by atoms with Crippen LogP contribution in [0.4, 0.5) is 0 Å². The van der Waals surface area contributed by atoms with Crippen LogP contribution in [0.2, 0.25) is 0 Å². The fraction of sp³-hybridized carbons (Fsp3) is 0.600. The maximum absolute atomic E-state index is 3.82. The average Bonchev–Trinajstić information content (AvgIpc) is 2.75. The van der Waals surface area contributed by atoms with Gasteiger partial charge in [0.25, 0.3) is 0 Å². The molecule has 1 atom stereocenters. The molecule has 16 heavy (non-hydrogen) atoms. The Hall–Kier alpha value is -0.820. The second kappa shape index (κ2) is 4.21. The van der Waals surface area contributed by atoms with Gasteiger partial charge in [-0.2, -0.15) is 0 Å². The first-order chi connectivity index (χ1) is 7.88. The largest absolute Gasteiger partial charge is 0.311 e. The second-order valence-corrected chi connectivity index (χ2v) is 5.53. The van der Waals surface area contributed by atoms with Crippen LogP contribution >= 0.6 is 0 Å². The minimum absolute atomic E-state index is 0.499. The van der Waals surface area contributed by atoms with Crippen molar-refractivity contribution in [3.63, 3.8) is 0 Å². The zero-order valence-electron chi connectivity index (χ0n) is 9.91. The van der Waals surface area contributed by atoms with Crippen molar-refractivity contribution in [3.8, 4) is 0 Å². The van der Waals surface area contributed by atoms with Gasteiger partial charge in [-0.25, -0.2) is 0 Å². The minimum atomic E-state index is 0.499. The van der Waals surface area contributed by atoms with E-state index in [9.17, 15) is 0 Å². The SMILES string of the molecule is c1ccc([C@H]2CNC3(CCCCC3)C2)cc1. The fourth-order valence-electron chi connectivity index (χ4n) is 3.53.